The number of fused-ring (bicyclic) bond motifs is 2. The Kier molecular flexibility index (Phi) is 11.2. The van der Waals surface area contributed by atoms with Crippen LogP contribution in [0.1, 0.15) is 88.0 Å². The lowest BCUT2D eigenvalue weighted by Gasteiger charge is -2.58. The second-order valence-electron chi connectivity index (χ2n) is 12.6. The number of esters is 6. The molecule has 3 aliphatic rings. The molecule has 11 unspecified atom stereocenters. The van der Waals surface area contributed by atoms with E-state index in [1.165, 1.54) is 27.7 Å². The van der Waals surface area contributed by atoms with Gasteiger partial charge in [0.25, 0.3) is 0 Å². The van der Waals surface area contributed by atoms with Crippen molar-refractivity contribution < 1.29 is 57.2 Å². The summed E-state index contributed by atoms with van der Waals surface area (Å²) in [6.07, 6.45) is -3.42. The lowest BCUT2D eigenvalue weighted by molar-refractivity contribution is -0.246. The lowest BCUT2D eigenvalue weighted by Crippen LogP contribution is -2.67. The first-order valence-corrected chi connectivity index (χ1v) is 15.3. The van der Waals surface area contributed by atoms with E-state index >= 15 is 0 Å². The predicted molar refractivity (Wildman–Crippen MR) is 153 cm³/mol. The van der Waals surface area contributed by atoms with E-state index in [2.05, 4.69) is 0 Å². The molecular weight excluding hydrogens is 576 g/mol. The Balaban J connectivity index is 2.42. The Morgan fingerprint density at radius 2 is 1.48 bits per heavy atom. The molecule has 2 aliphatic carbocycles. The average Bonchev–Trinajstić information content (AvgIpc) is 3.15. The second kappa shape index (κ2) is 14.1. The Morgan fingerprint density at radius 3 is 2.02 bits per heavy atom. The fourth-order valence-electron chi connectivity index (χ4n) is 7.51. The van der Waals surface area contributed by atoms with Gasteiger partial charge in [-0.25, -0.2) is 0 Å². The number of carbonyl (C=O) groups excluding carboxylic acids is 6. The quantitative estimate of drug-likeness (QED) is 0.231. The molecule has 0 aromatic heterocycles. The topological polar surface area (TPSA) is 158 Å². The molecule has 11 atom stereocenters. The van der Waals surface area contributed by atoms with Gasteiger partial charge in [0.05, 0.1) is 17.3 Å². The Bertz CT molecular complexity index is 1180. The second-order valence-corrected chi connectivity index (χ2v) is 12.6. The van der Waals surface area contributed by atoms with E-state index in [0.29, 0.717) is 12.0 Å². The molecule has 0 aromatic carbocycles. The molecule has 1 aliphatic heterocycles. The zero-order valence-electron chi connectivity index (χ0n) is 27.1. The summed E-state index contributed by atoms with van der Waals surface area (Å²) in [5.41, 5.74) is -0.716. The molecule has 44 heavy (non-hydrogen) atoms. The van der Waals surface area contributed by atoms with Crippen molar-refractivity contribution in [2.24, 2.45) is 29.1 Å². The van der Waals surface area contributed by atoms with Crippen molar-refractivity contribution in [1.29, 1.82) is 0 Å². The minimum Gasteiger partial charge on any atom is -0.462 e. The summed E-state index contributed by atoms with van der Waals surface area (Å²) in [4.78, 5) is 76.4. The van der Waals surface area contributed by atoms with Crippen LogP contribution < -0.4 is 0 Å². The number of ether oxygens (including phenoxy) is 6. The molecule has 12 nitrogen and oxygen atoms in total. The van der Waals surface area contributed by atoms with Crippen molar-refractivity contribution in [3.63, 3.8) is 0 Å². The largest absolute Gasteiger partial charge is 0.462 e. The van der Waals surface area contributed by atoms with Gasteiger partial charge in [0.2, 0.25) is 0 Å². The van der Waals surface area contributed by atoms with Gasteiger partial charge in [0.1, 0.15) is 36.6 Å². The van der Waals surface area contributed by atoms with Gasteiger partial charge in [-0.15, -0.1) is 0 Å². The van der Waals surface area contributed by atoms with Crippen molar-refractivity contribution in [3.05, 3.63) is 11.6 Å². The third-order valence-electron chi connectivity index (χ3n) is 9.21. The van der Waals surface area contributed by atoms with Gasteiger partial charge in [-0.05, 0) is 19.4 Å². The first-order chi connectivity index (χ1) is 20.5. The molecule has 1 saturated heterocycles. The van der Waals surface area contributed by atoms with Gasteiger partial charge in [0, 0.05) is 58.8 Å². The van der Waals surface area contributed by atoms with Crippen LogP contribution in [0.2, 0.25) is 0 Å². The molecular formula is C32H46O12. The molecule has 0 spiro atoms. The van der Waals surface area contributed by atoms with Crippen molar-refractivity contribution in [3.8, 4) is 0 Å². The van der Waals surface area contributed by atoms with Gasteiger partial charge in [0.15, 0.2) is 0 Å². The summed E-state index contributed by atoms with van der Waals surface area (Å²) < 4.78 is 35.6. The first-order valence-electron chi connectivity index (χ1n) is 15.3. The van der Waals surface area contributed by atoms with E-state index < -0.39 is 102 Å². The summed E-state index contributed by atoms with van der Waals surface area (Å²) >= 11 is 0. The average molecular weight is 623 g/mol. The van der Waals surface area contributed by atoms with E-state index in [1.807, 2.05) is 13.8 Å². The highest BCUT2D eigenvalue weighted by Crippen LogP contribution is 2.56. The van der Waals surface area contributed by atoms with Gasteiger partial charge < -0.3 is 28.4 Å². The van der Waals surface area contributed by atoms with E-state index in [0.717, 1.165) is 0 Å². The van der Waals surface area contributed by atoms with Crippen LogP contribution in [0.5, 0.6) is 0 Å². The zero-order chi connectivity index (χ0) is 33.1. The third kappa shape index (κ3) is 7.43. The Morgan fingerprint density at radius 1 is 0.886 bits per heavy atom. The molecule has 0 radical (unpaired) electrons. The van der Waals surface area contributed by atoms with Crippen LogP contribution in [0.15, 0.2) is 11.6 Å². The van der Waals surface area contributed by atoms with Crippen LogP contribution in [0.4, 0.5) is 0 Å². The maximum atomic E-state index is 13.0. The standard InChI is InChI=1S/C32H46O12/c1-10-11-26(37)43-22-14-25(40-19(6)34)32(9)28(16(22)3)29(41-20(7)35)27-17(4)31(38)44-23(27)12-15(2)13-24(39-18(5)33)30(32)42-21(8)36/h12,16-17,22-25,27-30H,10-11,13-14H2,1-9H3/b15-12-. The molecule has 1 saturated carbocycles. The third-order valence-corrected chi connectivity index (χ3v) is 9.21. The van der Waals surface area contributed by atoms with Gasteiger partial charge in [-0.1, -0.05) is 33.3 Å². The van der Waals surface area contributed by atoms with Crippen LogP contribution in [-0.2, 0) is 57.2 Å². The molecule has 3 rings (SSSR count). The molecule has 246 valence electrons. The maximum absolute atomic E-state index is 13.0. The van der Waals surface area contributed by atoms with Crippen molar-refractivity contribution in [2.45, 2.75) is 125 Å². The number of rotatable bonds is 7. The fraction of sp³-hybridized carbons (Fsp3) is 0.750. The normalized spacial score (nSPS) is 37.9. The van der Waals surface area contributed by atoms with Crippen molar-refractivity contribution in [1.82, 2.24) is 0 Å². The first kappa shape index (κ1) is 35.0. The molecule has 0 bridgehead atoms. The summed E-state index contributed by atoms with van der Waals surface area (Å²) in [5.74, 6) is -6.37. The highest BCUT2D eigenvalue weighted by molar-refractivity contribution is 5.76. The fourth-order valence-corrected chi connectivity index (χ4v) is 7.51. The SMILES string of the molecule is CCCC(=O)OC1CC(OC(C)=O)C2(C)C(OC(C)=O)C(OC(C)=O)C/C(C)=C\C3OC(=O)C(C)C3C(OC(C)=O)C2C1C. The maximum Gasteiger partial charge on any atom is 0.309 e. The Hall–Kier alpha value is -3.44. The van der Waals surface area contributed by atoms with Crippen LogP contribution >= 0.6 is 0 Å². The molecule has 0 aromatic rings. The monoisotopic (exact) mass is 622 g/mol. The van der Waals surface area contributed by atoms with Crippen LogP contribution in [0, 0.1) is 29.1 Å². The lowest BCUT2D eigenvalue weighted by atomic mass is 9.53. The van der Waals surface area contributed by atoms with E-state index in [4.69, 9.17) is 28.4 Å². The van der Waals surface area contributed by atoms with E-state index in [-0.39, 0.29) is 19.3 Å². The van der Waals surface area contributed by atoms with E-state index in [9.17, 15) is 28.8 Å². The van der Waals surface area contributed by atoms with Crippen LogP contribution in [0.3, 0.4) is 0 Å². The molecule has 0 amide bonds. The Labute approximate surface area is 258 Å². The van der Waals surface area contributed by atoms with Gasteiger partial charge in [-0.2, -0.15) is 0 Å². The summed E-state index contributed by atoms with van der Waals surface area (Å²) in [7, 11) is 0. The number of carbonyl (C=O) groups is 6. The van der Waals surface area contributed by atoms with Gasteiger partial charge in [-0.3, -0.25) is 28.8 Å². The zero-order valence-corrected chi connectivity index (χ0v) is 27.1. The highest BCUT2D eigenvalue weighted by atomic mass is 16.6. The molecule has 0 N–H and O–H groups in total. The van der Waals surface area contributed by atoms with Crippen molar-refractivity contribution >= 4 is 35.8 Å². The van der Waals surface area contributed by atoms with Gasteiger partial charge >= 0.3 is 35.8 Å². The molecule has 1 heterocycles. The predicted octanol–water partition coefficient (Wildman–Crippen LogP) is 3.62. The summed E-state index contributed by atoms with van der Waals surface area (Å²) in [5, 5.41) is 0. The minimum atomic E-state index is -1.39. The number of hydrogen-bond donors (Lipinski definition) is 0. The van der Waals surface area contributed by atoms with Crippen LogP contribution in [0.25, 0.3) is 0 Å². The molecule has 2 fully saturated rings. The smallest absolute Gasteiger partial charge is 0.309 e. The highest BCUT2D eigenvalue weighted by Gasteiger charge is 2.66. The van der Waals surface area contributed by atoms with Crippen LogP contribution in [-0.4, -0.2) is 72.4 Å². The summed E-state index contributed by atoms with van der Waals surface area (Å²) in [6.45, 7) is 13.8. The summed E-state index contributed by atoms with van der Waals surface area (Å²) in [6, 6.07) is 0. The van der Waals surface area contributed by atoms with Crippen molar-refractivity contribution in [2.75, 3.05) is 0 Å². The minimum absolute atomic E-state index is 0.0362. The van der Waals surface area contributed by atoms with E-state index in [1.54, 1.807) is 26.8 Å². The number of hydrogen-bond acceptors (Lipinski definition) is 12. The molecule has 12 heteroatoms.